The Labute approximate surface area is 125 Å². The summed E-state index contributed by atoms with van der Waals surface area (Å²) in [5.41, 5.74) is 6.83. The van der Waals surface area contributed by atoms with Crippen LogP contribution in [0.5, 0.6) is 0 Å². The second kappa shape index (κ2) is 6.36. The van der Waals surface area contributed by atoms with Gasteiger partial charge in [0.1, 0.15) is 10.7 Å². The molecule has 21 heavy (non-hydrogen) atoms. The van der Waals surface area contributed by atoms with Gasteiger partial charge < -0.3 is 15.8 Å². The summed E-state index contributed by atoms with van der Waals surface area (Å²) in [6.07, 6.45) is 0.379. The zero-order chi connectivity index (χ0) is 15.4. The Bertz CT molecular complexity index is 682. The first-order valence-electron chi connectivity index (χ1n) is 6.30. The molecule has 2 rings (SSSR count). The Morgan fingerprint density at radius 3 is 2.86 bits per heavy atom. The average molecular weight is 305 g/mol. The zero-order valence-electron chi connectivity index (χ0n) is 11.7. The molecular formula is C14H15N3O3S. The van der Waals surface area contributed by atoms with E-state index in [9.17, 15) is 9.59 Å². The molecule has 0 radical (unpaired) electrons. The van der Waals surface area contributed by atoms with Crippen molar-refractivity contribution in [3.05, 3.63) is 34.7 Å². The molecule has 7 heteroatoms. The molecule has 0 saturated carbocycles. The first-order valence-corrected chi connectivity index (χ1v) is 7.11. The van der Waals surface area contributed by atoms with Crippen LogP contribution in [-0.4, -0.2) is 23.8 Å². The summed E-state index contributed by atoms with van der Waals surface area (Å²) in [7, 11) is 1.33. The molecule has 0 amide bonds. The lowest BCUT2D eigenvalue weighted by atomic mass is 10.2. The van der Waals surface area contributed by atoms with E-state index in [0.29, 0.717) is 27.7 Å². The number of thiazole rings is 1. The van der Waals surface area contributed by atoms with Gasteiger partial charge in [-0.25, -0.2) is 9.78 Å². The van der Waals surface area contributed by atoms with Gasteiger partial charge in [-0.15, -0.1) is 0 Å². The third kappa shape index (κ3) is 3.38. The van der Waals surface area contributed by atoms with Gasteiger partial charge >= 0.3 is 5.97 Å². The topological polar surface area (TPSA) is 94.3 Å². The number of ether oxygens (including phenoxy) is 1. The van der Waals surface area contributed by atoms with E-state index in [0.717, 1.165) is 0 Å². The van der Waals surface area contributed by atoms with Crippen molar-refractivity contribution in [1.29, 1.82) is 0 Å². The Morgan fingerprint density at radius 2 is 2.19 bits per heavy atom. The van der Waals surface area contributed by atoms with Crippen molar-refractivity contribution in [2.75, 3.05) is 18.2 Å². The highest BCUT2D eigenvalue weighted by atomic mass is 32.1. The first kappa shape index (κ1) is 15.0. The van der Waals surface area contributed by atoms with Crippen LogP contribution in [0.25, 0.3) is 0 Å². The van der Waals surface area contributed by atoms with Crippen LogP contribution < -0.4 is 11.1 Å². The predicted molar refractivity (Wildman–Crippen MR) is 82.2 cm³/mol. The number of Topliss-reactive ketones (excluding diaryl/α,β-unsaturated/α-hetero) is 1. The lowest BCUT2D eigenvalue weighted by molar-refractivity contribution is 0.0600. The van der Waals surface area contributed by atoms with Crippen molar-refractivity contribution in [2.24, 2.45) is 0 Å². The fourth-order valence-corrected chi connectivity index (χ4v) is 2.63. The number of rotatable bonds is 5. The Hall–Kier alpha value is -2.41. The number of benzene rings is 1. The standard InChI is InChI=1S/C14H15N3O3S/c1-3-10(18)11-12(15)17-14(21-11)16-9-6-4-5-8(7-9)13(19)20-2/h4-7H,3,15H2,1-2H3,(H,16,17). The molecule has 0 fully saturated rings. The summed E-state index contributed by atoms with van der Waals surface area (Å²) < 4.78 is 4.67. The number of nitrogens with two attached hydrogens (primary N) is 1. The maximum absolute atomic E-state index is 11.7. The van der Waals surface area contributed by atoms with Gasteiger partial charge in [0.15, 0.2) is 10.9 Å². The number of esters is 1. The van der Waals surface area contributed by atoms with Crippen LogP contribution in [0.4, 0.5) is 16.6 Å². The SMILES string of the molecule is CCC(=O)c1sc(Nc2cccc(C(=O)OC)c2)nc1N. The minimum atomic E-state index is -0.417. The number of carbonyl (C=O) groups is 2. The maximum Gasteiger partial charge on any atom is 0.337 e. The van der Waals surface area contributed by atoms with E-state index in [1.807, 2.05) is 0 Å². The molecule has 0 aliphatic heterocycles. The molecule has 0 saturated heterocycles. The monoisotopic (exact) mass is 305 g/mol. The Balaban J connectivity index is 2.22. The summed E-state index contributed by atoms with van der Waals surface area (Å²) in [5, 5.41) is 3.54. The molecular weight excluding hydrogens is 290 g/mol. The molecule has 6 nitrogen and oxygen atoms in total. The van der Waals surface area contributed by atoms with Gasteiger partial charge in [-0.1, -0.05) is 24.3 Å². The fourth-order valence-electron chi connectivity index (χ4n) is 1.71. The van der Waals surface area contributed by atoms with Gasteiger partial charge in [0.25, 0.3) is 0 Å². The van der Waals surface area contributed by atoms with Crippen molar-refractivity contribution >= 4 is 39.7 Å². The molecule has 110 valence electrons. The lowest BCUT2D eigenvalue weighted by Crippen LogP contribution is -2.01. The van der Waals surface area contributed by atoms with Gasteiger partial charge in [0.2, 0.25) is 0 Å². The average Bonchev–Trinajstić information content (AvgIpc) is 2.86. The Kier molecular flexibility index (Phi) is 4.54. The molecule has 0 bridgehead atoms. The summed E-state index contributed by atoms with van der Waals surface area (Å²) in [4.78, 5) is 27.7. The van der Waals surface area contributed by atoms with Crippen LogP contribution in [-0.2, 0) is 4.74 Å². The Morgan fingerprint density at radius 1 is 1.43 bits per heavy atom. The van der Waals surface area contributed by atoms with E-state index in [1.54, 1.807) is 31.2 Å². The van der Waals surface area contributed by atoms with Crippen LogP contribution in [0.1, 0.15) is 33.4 Å². The molecule has 0 aliphatic carbocycles. The minimum Gasteiger partial charge on any atom is -0.465 e. The van der Waals surface area contributed by atoms with E-state index in [1.165, 1.54) is 18.4 Å². The normalized spacial score (nSPS) is 10.2. The van der Waals surface area contributed by atoms with Crippen LogP contribution in [0, 0.1) is 0 Å². The third-order valence-electron chi connectivity index (χ3n) is 2.76. The summed E-state index contributed by atoms with van der Waals surface area (Å²) >= 11 is 1.19. The molecule has 1 heterocycles. The lowest BCUT2D eigenvalue weighted by Gasteiger charge is -2.04. The van der Waals surface area contributed by atoms with Crippen LogP contribution in [0.15, 0.2) is 24.3 Å². The van der Waals surface area contributed by atoms with Gasteiger partial charge in [0.05, 0.1) is 12.7 Å². The molecule has 1 aromatic heterocycles. The number of nitrogens with one attached hydrogen (secondary N) is 1. The summed E-state index contributed by atoms with van der Waals surface area (Å²) in [6, 6.07) is 6.80. The molecule has 0 aliphatic rings. The molecule has 2 aromatic rings. The van der Waals surface area contributed by atoms with Crippen LogP contribution in [0.2, 0.25) is 0 Å². The highest BCUT2D eigenvalue weighted by Crippen LogP contribution is 2.28. The zero-order valence-corrected chi connectivity index (χ0v) is 12.5. The molecule has 1 aromatic carbocycles. The van der Waals surface area contributed by atoms with Crippen molar-refractivity contribution in [3.63, 3.8) is 0 Å². The van der Waals surface area contributed by atoms with E-state index in [2.05, 4.69) is 15.0 Å². The fraction of sp³-hybridized carbons (Fsp3) is 0.214. The second-order valence-corrected chi connectivity index (χ2v) is 5.21. The number of nitrogen functional groups attached to an aromatic ring is 1. The van der Waals surface area contributed by atoms with Gasteiger partial charge in [-0.2, -0.15) is 0 Å². The molecule has 0 atom stereocenters. The highest BCUT2D eigenvalue weighted by Gasteiger charge is 2.15. The predicted octanol–water partition coefficient (Wildman–Crippen LogP) is 2.85. The molecule has 3 N–H and O–H groups in total. The van der Waals surface area contributed by atoms with E-state index in [4.69, 9.17) is 5.73 Å². The third-order valence-corrected chi connectivity index (χ3v) is 3.79. The maximum atomic E-state index is 11.7. The second-order valence-electron chi connectivity index (χ2n) is 4.21. The van der Waals surface area contributed by atoms with Crippen molar-refractivity contribution in [1.82, 2.24) is 4.98 Å². The number of anilines is 3. The smallest absolute Gasteiger partial charge is 0.337 e. The number of methoxy groups -OCH3 is 1. The van der Waals surface area contributed by atoms with E-state index in [-0.39, 0.29) is 11.6 Å². The van der Waals surface area contributed by atoms with Crippen LogP contribution >= 0.6 is 11.3 Å². The molecule has 0 unspecified atom stereocenters. The summed E-state index contributed by atoms with van der Waals surface area (Å²) in [6.45, 7) is 1.77. The highest BCUT2D eigenvalue weighted by molar-refractivity contribution is 7.18. The molecule has 0 spiro atoms. The first-order chi connectivity index (χ1) is 10.0. The van der Waals surface area contributed by atoms with Crippen LogP contribution in [0.3, 0.4) is 0 Å². The minimum absolute atomic E-state index is 0.0404. The van der Waals surface area contributed by atoms with Crippen molar-refractivity contribution in [3.8, 4) is 0 Å². The van der Waals surface area contributed by atoms with Gasteiger partial charge in [0, 0.05) is 12.1 Å². The largest absolute Gasteiger partial charge is 0.465 e. The number of carbonyl (C=O) groups excluding carboxylic acids is 2. The number of nitrogens with zero attached hydrogens (tertiary/aromatic N) is 1. The van der Waals surface area contributed by atoms with E-state index >= 15 is 0 Å². The number of ketones is 1. The van der Waals surface area contributed by atoms with Gasteiger partial charge in [-0.05, 0) is 18.2 Å². The van der Waals surface area contributed by atoms with E-state index < -0.39 is 5.97 Å². The number of aromatic nitrogens is 1. The summed E-state index contributed by atoms with van der Waals surface area (Å²) in [5.74, 6) is -0.237. The quantitative estimate of drug-likeness (QED) is 0.651. The van der Waals surface area contributed by atoms with Crippen molar-refractivity contribution in [2.45, 2.75) is 13.3 Å². The number of hydrogen-bond donors (Lipinski definition) is 2. The van der Waals surface area contributed by atoms with Crippen molar-refractivity contribution < 1.29 is 14.3 Å². The number of hydrogen-bond acceptors (Lipinski definition) is 7. The van der Waals surface area contributed by atoms with Gasteiger partial charge in [-0.3, -0.25) is 4.79 Å².